The van der Waals surface area contributed by atoms with Crippen LogP contribution in [0.15, 0.2) is 24.3 Å². The van der Waals surface area contributed by atoms with E-state index in [4.69, 9.17) is 18.9 Å². The van der Waals surface area contributed by atoms with Gasteiger partial charge in [0.1, 0.15) is 5.75 Å². The van der Waals surface area contributed by atoms with Crippen LogP contribution in [0, 0.1) is 5.92 Å². The number of ether oxygens (including phenoxy) is 4. The molecule has 0 bridgehead atoms. The van der Waals surface area contributed by atoms with Crippen LogP contribution in [0.25, 0.3) is 0 Å². The van der Waals surface area contributed by atoms with Gasteiger partial charge in [-0.15, -0.1) is 0 Å². The highest BCUT2D eigenvalue weighted by molar-refractivity contribution is 5.26. The number of rotatable bonds is 8. The van der Waals surface area contributed by atoms with Gasteiger partial charge in [0, 0.05) is 5.92 Å². The van der Waals surface area contributed by atoms with Crippen molar-refractivity contribution in [3.05, 3.63) is 29.8 Å². The fraction of sp³-hybridized carbons (Fsp3) is 0.667. The molecule has 1 aliphatic heterocycles. The van der Waals surface area contributed by atoms with E-state index in [2.05, 4.69) is 20.8 Å². The molecule has 1 aromatic rings. The molecule has 1 aliphatic rings. The van der Waals surface area contributed by atoms with Gasteiger partial charge >= 0.3 is 0 Å². The Hall–Kier alpha value is -1.10. The number of hydrogen-bond acceptors (Lipinski definition) is 4. The van der Waals surface area contributed by atoms with Crippen molar-refractivity contribution < 1.29 is 18.9 Å². The first-order chi connectivity index (χ1) is 10.6. The van der Waals surface area contributed by atoms with E-state index < -0.39 is 0 Å². The summed E-state index contributed by atoms with van der Waals surface area (Å²) in [5.74, 6) is 0.803. The summed E-state index contributed by atoms with van der Waals surface area (Å²) in [4.78, 5) is 0. The van der Waals surface area contributed by atoms with Crippen LogP contribution < -0.4 is 4.74 Å². The Labute approximate surface area is 133 Å². The molecule has 2 rings (SSSR count). The van der Waals surface area contributed by atoms with Crippen LogP contribution in [0.2, 0.25) is 0 Å². The first-order valence-corrected chi connectivity index (χ1v) is 8.15. The second-order valence-corrected chi connectivity index (χ2v) is 5.93. The Balaban J connectivity index is 1.75. The Morgan fingerprint density at radius 2 is 1.91 bits per heavy atom. The van der Waals surface area contributed by atoms with Crippen molar-refractivity contribution in [1.82, 2.24) is 0 Å². The van der Waals surface area contributed by atoms with E-state index in [1.165, 1.54) is 0 Å². The number of hydrogen-bond donors (Lipinski definition) is 0. The summed E-state index contributed by atoms with van der Waals surface area (Å²) in [7, 11) is 1.67. The van der Waals surface area contributed by atoms with Gasteiger partial charge < -0.3 is 18.9 Å². The van der Waals surface area contributed by atoms with Crippen LogP contribution in [-0.2, 0) is 20.8 Å². The third kappa shape index (κ3) is 4.22. The van der Waals surface area contributed by atoms with E-state index in [0.29, 0.717) is 25.7 Å². The van der Waals surface area contributed by atoms with Gasteiger partial charge in [0.2, 0.25) is 0 Å². The standard InChI is InChI=1S/C18H28O4/c1-5-18(6-2)21-13-17(22-18)14(3)11-20-12-15-7-9-16(19-4)10-8-15/h7-10,14,17H,5-6,11-13H2,1-4H3/t14-,17-/m0/s1. The maximum Gasteiger partial charge on any atom is 0.168 e. The summed E-state index contributed by atoms with van der Waals surface area (Å²) in [6, 6.07) is 7.95. The molecule has 2 atom stereocenters. The third-order valence-electron chi connectivity index (χ3n) is 4.40. The highest BCUT2D eigenvalue weighted by Crippen LogP contribution is 2.33. The topological polar surface area (TPSA) is 36.9 Å². The van der Waals surface area contributed by atoms with Crippen molar-refractivity contribution >= 4 is 0 Å². The monoisotopic (exact) mass is 308 g/mol. The molecule has 0 spiro atoms. The van der Waals surface area contributed by atoms with Gasteiger partial charge in [-0.3, -0.25) is 0 Å². The zero-order chi connectivity index (χ0) is 16.0. The lowest BCUT2D eigenvalue weighted by Crippen LogP contribution is -2.31. The number of benzene rings is 1. The van der Waals surface area contributed by atoms with Crippen LogP contribution in [-0.4, -0.2) is 32.2 Å². The van der Waals surface area contributed by atoms with Crippen molar-refractivity contribution in [2.75, 3.05) is 20.3 Å². The summed E-state index contributed by atoms with van der Waals surface area (Å²) in [5.41, 5.74) is 1.15. The minimum absolute atomic E-state index is 0.121. The first kappa shape index (κ1) is 17.3. The Morgan fingerprint density at radius 3 is 2.45 bits per heavy atom. The molecule has 0 radical (unpaired) electrons. The van der Waals surface area contributed by atoms with Gasteiger partial charge in [0.05, 0.1) is 33.0 Å². The van der Waals surface area contributed by atoms with E-state index in [1.54, 1.807) is 7.11 Å². The second-order valence-electron chi connectivity index (χ2n) is 5.93. The van der Waals surface area contributed by atoms with E-state index in [0.717, 1.165) is 24.2 Å². The lowest BCUT2D eigenvalue weighted by atomic mass is 10.1. The maximum absolute atomic E-state index is 6.12. The minimum atomic E-state index is -0.380. The summed E-state index contributed by atoms with van der Waals surface area (Å²) in [5, 5.41) is 0. The molecule has 124 valence electrons. The Bertz CT molecular complexity index is 439. The van der Waals surface area contributed by atoms with Crippen molar-refractivity contribution in [1.29, 1.82) is 0 Å². The normalized spacial score (nSPS) is 21.7. The van der Waals surface area contributed by atoms with Gasteiger partial charge in [-0.25, -0.2) is 0 Å². The molecule has 0 unspecified atom stereocenters. The van der Waals surface area contributed by atoms with Gasteiger partial charge in [-0.1, -0.05) is 32.9 Å². The second kappa shape index (κ2) is 7.95. The van der Waals surface area contributed by atoms with E-state index in [1.807, 2.05) is 24.3 Å². The Morgan fingerprint density at radius 1 is 1.23 bits per heavy atom. The van der Waals surface area contributed by atoms with E-state index in [-0.39, 0.29) is 11.9 Å². The molecule has 22 heavy (non-hydrogen) atoms. The third-order valence-corrected chi connectivity index (χ3v) is 4.40. The molecule has 1 heterocycles. The summed E-state index contributed by atoms with van der Waals surface area (Å²) < 4.78 is 23.0. The van der Waals surface area contributed by atoms with Crippen LogP contribution in [0.4, 0.5) is 0 Å². The molecule has 0 saturated carbocycles. The highest BCUT2D eigenvalue weighted by atomic mass is 16.7. The molecular formula is C18H28O4. The smallest absolute Gasteiger partial charge is 0.168 e. The molecule has 1 fully saturated rings. The van der Waals surface area contributed by atoms with E-state index in [9.17, 15) is 0 Å². The molecule has 4 heteroatoms. The molecule has 0 amide bonds. The highest BCUT2D eigenvalue weighted by Gasteiger charge is 2.40. The average molecular weight is 308 g/mol. The summed E-state index contributed by atoms with van der Waals surface area (Å²) in [6.45, 7) is 8.31. The number of methoxy groups -OCH3 is 1. The predicted molar refractivity (Wildman–Crippen MR) is 86.0 cm³/mol. The molecular weight excluding hydrogens is 280 g/mol. The minimum Gasteiger partial charge on any atom is -0.497 e. The van der Waals surface area contributed by atoms with Crippen LogP contribution in [0.3, 0.4) is 0 Å². The molecule has 0 aromatic heterocycles. The Kier molecular flexibility index (Phi) is 6.24. The first-order valence-electron chi connectivity index (χ1n) is 8.15. The molecule has 0 N–H and O–H groups in total. The summed E-state index contributed by atoms with van der Waals surface area (Å²) >= 11 is 0. The fourth-order valence-electron chi connectivity index (χ4n) is 2.67. The van der Waals surface area contributed by atoms with Crippen molar-refractivity contribution in [2.24, 2.45) is 5.92 Å². The van der Waals surface area contributed by atoms with Gasteiger partial charge in [-0.2, -0.15) is 0 Å². The largest absolute Gasteiger partial charge is 0.497 e. The average Bonchev–Trinajstić information content (AvgIpc) is 3.01. The van der Waals surface area contributed by atoms with Crippen LogP contribution >= 0.6 is 0 Å². The van der Waals surface area contributed by atoms with Crippen molar-refractivity contribution in [3.63, 3.8) is 0 Å². The maximum atomic E-state index is 6.12. The lowest BCUT2D eigenvalue weighted by molar-refractivity contribution is -0.178. The lowest BCUT2D eigenvalue weighted by Gasteiger charge is -2.26. The molecule has 0 aliphatic carbocycles. The SMILES string of the molecule is CCC1(CC)OC[C@@H]([C@@H](C)COCc2ccc(OC)cc2)O1. The van der Waals surface area contributed by atoms with Gasteiger partial charge in [-0.05, 0) is 30.5 Å². The fourth-order valence-corrected chi connectivity index (χ4v) is 2.67. The van der Waals surface area contributed by atoms with E-state index >= 15 is 0 Å². The van der Waals surface area contributed by atoms with Crippen molar-refractivity contribution in [2.45, 2.75) is 52.1 Å². The summed E-state index contributed by atoms with van der Waals surface area (Å²) in [6.07, 6.45) is 1.90. The molecule has 4 nitrogen and oxygen atoms in total. The molecule has 1 aromatic carbocycles. The van der Waals surface area contributed by atoms with Crippen LogP contribution in [0.5, 0.6) is 5.75 Å². The van der Waals surface area contributed by atoms with Crippen LogP contribution in [0.1, 0.15) is 39.2 Å². The van der Waals surface area contributed by atoms with Crippen molar-refractivity contribution in [3.8, 4) is 5.75 Å². The zero-order valence-corrected chi connectivity index (χ0v) is 14.1. The zero-order valence-electron chi connectivity index (χ0n) is 14.1. The molecule has 1 saturated heterocycles. The van der Waals surface area contributed by atoms with Gasteiger partial charge in [0.15, 0.2) is 5.79 Å². The predicted octanol–water partition coefficient (Wildman–Crippen LogP) is 3.78. The van der Waals surface area contributed by atoms with Gasteiger partial charge in [0.25, 0.3) is 0 Å². The quantitative estimate of drug-likeness (QED) is 0.732.